The monoisotopic (exact) mass is 299 g/mol. The van der Waals surface area contributed by atoms with Gasteiger partial charge in [0.1, 0.15) is 5.69 Å². The first-order chi connectivity index (χ1) is 10.6. The zero-order valence-electron chi connectivity index (χ0n) is 13.6. The average Bonchev–Trinajstić information content (AvgIpc) is 2.84. The third kappa shape index (κ3) is 2.88. The highest BCUT2D eigenvalue weighted by atomic mass is 16.2. The number of para-hydroxylation sites is 1. The molecule has 1 aromatic heterocycles. The third-order valence-electron chi connectivity index (χ3n) is 4.53. The average molecular weight is 299 g/mol. The van der Waals surface area contributed by atoms with Crippen molar-refractivity contribution in [3.63, 3.8) is 0 Å². The molecule has 2 N–H and O–H groups in total. The molecule has 118 valence electrons. The number of nitrogens with zero attached hydrogens (tertiary/aromatic N) is 1. The van der Waals surface area contributed by atoms with Crippen LogP contribution in [-0.2, 0) is 0 Å². The second-order valence-corrected chi connectivity index (χ2v) is 6.56. The van der Waals surface area contributed by atoms with E-state index in [4.69, 9.17) is 0 Å². The number of carbonyl (C=O) groups is 1. The molecular weight excluding hydrogens is 274 g/mol. The van der Waals surface area contributed by atoms with E-state index in [1.54, 1.807) is 0 Å². The summed E-state index contributed by atoms with van der Waals surface area (Å²) in [5.41, 5.74) is 2.85. The van der Waals surface area contributed by atoms with Crippen molar-refractivity contribution in [3.8, 4) is 0 Å². The second-order valence-electron chi connectivity index (χ2n) is 6.56. The summed E-state index contributed by atoms with van der Waals surface area (Å²) in [7, 11) is 0. The smallest absolute Gasteiger partial charge is 0.270 e. The number of nitrogens with one attached hydrogen (secondary N) is 2. The van der Waals surface area contributed by atoms with E-state index >= 15 is 0 Å². The Morgan fingerprint density at radius 3 is 2.59 bits per heavy atom. The summed E-state index contributed by atoms with van der Waals surface area (Å²) in [5, 5.41) is 4.71. The molecule has 4 heteroatoms. The van der Waals surface area contributed by atoms with E-state index in [0.29, 0.717) is 12.1 Å². The Balaban J connectivity index is 1.73. The molecule has 0 atom stereocenters. The number of hydrogen-bond donors (Lipinski definition) is 2. The van der Waals surface area contributed by atoms with Gasteiger partial charge in [0, 0.05) is 36.1 Å². The van der Waals surface area contributed by atoms with E-state index < -0.39 is 0 Å². The van der Waals surface area contributed by atoms with Gasteiger partial charge in [0.05, 0.1) is 0 Å². The van der Waals surface area contributed by atoms with Gasteiger partial charge in [-0.25, -0.2) is 0 Å². The Morgan fingerprint density at radius 2 is 1.95 bits per heavy atom. The molecule has 0 saturated carbocycles. The molecule has 1 aliphatic rings. The summed E-state index contributed by atoms with van der Waals surface area (Å²) in [6.45, 7) is 8.03. The standard InChI is InChI=1S/C18H25N3O/c1-12(2)19-14-8-10-21(11-9-14)18(22)17-13(3)15-6-4-5-7-16(15)20-17/h4-7,12,14,19-20H,8-11H2,1-3H3. The molecule has 2 aromatic rings. The summed E-state index contributed by atoms with van der Waals surface area (Å²) in [4.78, 5) is 18.1. The number of aromatic nitrogens is 1. The van der Waals surface area contributed by atoms with E-state index in [1.807, 2.05) is 30.0 Å². The van der Waals surface area contributed by atoms with Gasteiger partial charge in [-0.3, -0.25) is 4.79 Å². The third-order valence-corrected chi connectivity index (χ3v) is 4.53. The first-order valence-corrected chi connectivity index (χ1v) is 8.19. The quantitative estimate of drug-likeness (QED) is 0.915. The lowest BCUT2D eigenvalue weighted by atomic mass is 10.0. The zero-order chi connectivity index (χ0) is 15.7. The summed E-state index contributed by atoms with van der Waals surface area (Å²) in [5.74, 6) is 0.136. The van der Waals surface area contributed by atoms with Crippen LogP contribution in [0.1, 0.15) is 42.7 Å². The van der Waals surface area contributed by atoms with E-state index in [9.17, 15) is 4.79 Å². The predicted molar refractivity (Wildman–Crippen MR) is 90.2 cm³/mol. The fraction of sp³-hybridized carbons (Fsp3) is 0.500. The number of aromatic amines is 1. The van der Waals surface area contributed by atoms with Crippen LogP contribution in [0.15, 0.2) is 24.3 Å². The Kier molecular flexibility index (Phi) is 4.21. The first-order valence-electron chi connectivity index (χ1n) is 8.19. The maximum atomic E-state index is 12.8. The van der Waals surface area contributed by atoms with Crippen molar-refractivity contribution >= 4 is 16.8 Å². The van der Waals surface area contributed by atoms with Crippen molar-refractivity contribution in [1.29, 1.82) is 0 Å². The molecular formula is C18H25N3O. The lowest BCUT2D eigenvalue weighted by Crippen LogP contribution is -2.46. The normalized spacial score (nSPS) is 16.6. The summed E-state index contributed by atoms with van der Waals surface area (Å²) >= 11 is 0. The maximum absolute atomic E-state index is 12.8. The number of H-pyrrole nitrogens is 1. The first kappa shape index (κ1) is 15.1. The molecule has 0 bridgehead atoms. The Bertz CT molecular complexity index is 666. The molecule has 0 aliphatic carbocycles. The van der Waals surface area contributed by atoms with Crippen LogP contribution < -0.4 is 5.32 Å². The van der Waals surface area contributed by atoms with Crippen LogP contribution in [0.3, 0.4) is 0 Å². The number of rotatable bonds is 3. The molecule has 1 fully saturated rings. The van der Waals surface area contributed by atoms with Gasteiger partial charge in [0.15, 0.2) is 0 Å². The van der Waals surface area contributed by atoms with Crippen molar-refractivity contribution < 1.29 is 4.79 Å². The van der Waals surface area contributed by atoms with Crippen LogP contribution in [-0.4, -0.2) is 41.0 Å². The van der Waals surface area contributed by atoms with Crippen LogP contribution in [0.5, 0.6) is 0 Å². The molecule has 3 rings (SSSR count). The molecule has 1 aliphatic heterocycles. The molecule has 1 amide bonds. The minimum absolute atomic E-state index is 0.136. The topological polar surface area (TPSA) is 48.1 Å². The lowest BCUT2D eigenvalue weighted by Gasteiger charge is -2.33. The largest absolute Gasteiger partial charge is 0.350 e. The molecule has 0 radical (unpaired) electrons. The molecule has 0 spiro atoms. The number of fused-ring (bicyclic) bond motifs is 1. The SMILES string of the molecule is Cc1c(C(=O)N2CCC(NC(C)C)CC2)[nH]c2ccccc12. The number of amides is 1. The van der Waals surface area contributed by atoms with Crippen LogP contribution in [0.2, 0.25) is 0 Å². The van der Waals surface area contributed by atoms with E-state index in [0.717, 1.165) is 48.1 Å². The van der Waals surface area contributed by atoms with Gasteiger partial charge < -0.3 is 15.2 Å². The van der Waals surface area contributed by atoms with Crippen LogP contribution in [0.4, 0.5) is 0 Å². The zero-order valence-corrected chi connectivity index (χ0v) is 13.6. The minimum Gasteiger partial charge on any atom is -0.350 e. The van der Waals surface area contributed by atoms with Gasteiger partial charge >= 0.3 is 0 Å². The Morgan fingerprint density at radius 1 is 1.27 bits per heavy atom. The van der Waals surface area contributed by atoms with Crippen molar-refractivity contribution in [2.45, 2.75) is 45.7 Å². The van der Waals surface area contributed by atoms with Crippen LogP contribution in [0, 0.1) is 6.92 Å². The van der Waals surface area contributed by atoms with Gasteiger partial charge in [-0.1, -0.05) is 32.0 Å². The molecule has 0 unspecified atom stereocenters. The van der Waals surface area contributed by atoms with Crippen molar-refractivity contribution in [2.24, 2.45) is 0 Å². The predicted octanol–water partition coefficient (Wildman–Crippen LogP) is 3.08. The summed E-state index contributed by atoms with van der Waals surface area (Å²) < 4.78 is 0. The lowest BCUT2D eigenvalue weighted by molar-refractivity contribution is 0.0697. The number of carbonyl (C=O) groups excluding carboxylic acids is 1. The highest BCUT2D eigenvalue weighted by Gasteiger charge is 2.26. The van der Waals surface area contributed by atoms with Crippen molar-refractivity contribution in [3.05, 3.63) is 35.5 Å². The fourth-order valence-corrected chi connectivity index (χ4v) is 3.37. The Hall–Kier alpha value is -1.81. The number of hydrogen-bond acceptors (Lipinski definition) is 2. The number of benzene rings is 1. The van der Waals surface area contributed by atoms with Crippen LogP contribution >= 0.6 is 0 Å². The minimum atomic E-state index is 0.136. The molecule has 22 heavy (non-hydrogen) atoms. The van der Waals surface area contributed by atoms with E-state index in [-0.39, 0.29) is 5.91 Å². The highest BCUT2D eigenvalue weighted by molar-refractivity contribution is 6.00. The number of piperidine rings is 1. The van der Waals surface area contributed by atoms with Crippen molar-refractivity contribution in [1.82, 2.24) is 15.2 Å². The fourth-order valence-electron chi connectivity index (χ4n) is 3.37. The Labute approximate surface area is 131 Å². The maximum Gasteiger partial charge on any atom is 0.270 e. The number of aryl methyl sites for hydroxylation is 1. The van der Waals surface area contributed by atoms with Gasteiger partial charge in [-0.15, -0.1) is 0 Å². The molecule has 1 aromatic carbocycles. The van der Waals surface area contributed by atoms with Gasteiger partial charge in [-0.05, 0) is 31.4 Å². The highest BCUT2D eigenvalue weighted by Crippen LogP contribution is 2.23. The summed E-state index contributed by atoms with van der Waals surface area (Å²) in [6, 6.07) is 9.14. The van der Waals surface area contributed by atoms with Crippen LogP contribution in [0.25, 0.3) is 10.9 Å². The molecule has 4 nitrogen and oxygen atoms in total. The van der Waals surface area contributed by atoms with Crippen molar-refractivity contribution in [2.75, 3.05) is 13.1 Å². The van der Waals surface area contributed by atoms with Gasteiger partial charge in [-0.2, -0.15) is 0 Å². The summed E-state index contributed by atoms with van der Waals surface area (Å²) in [6.07, 6.45) is 2.06. The molecule has 1 saturated heterocycles. The van der Waals surface area contributed by atoms with E-state index in [2.05, 4.69) is 30.2 Å². The van der Waals surface area contributed by atoms with Gasteiger partial charge in [0.25, 0.3) is 5.91 Å². The van der Waals surface area contributed by atoms with Gasteiger partial charge in [0.2, 0.25) is 0 Å². The second kappa shape index (κ2) is 6.13. The molecule has 2 heterocycles. The number of likely N-dealkylation sites (tertiary alicyclic amines) is 1. The van der Waals surface area contributed by atoms with E-state index in [1.165, 1.54) is 0 Å².